The number of rotatable bonds is 5. The molecule has 0 spiro atoms. The SMILES string of the molecule is O=C(CSc1nc2c(cnn2C2CCCCC2)c(=O)[nH]1)Nc1nnc(Br)s1. The van der Waals surface area contributed by atoms with E-state index in [0.29, 0.717) is 25.2 Å². The molecule has 3 aromatic rings. The number of halogens is 1. The van der Waals surface area contributed by atoms with Crippen LogP contribution in [0.5, 0.6) is 0 Å². The van der Waals surface area contributed by atoms with Gasteiger partial charge in [0.15, 0.2) is 14.7 Å². The molecule has 1 fully saturated rings. The maximum Gasteiger partial charge on any atom is 0.262 e. The summed E-state index contributed by atoms with van der Waals surface area (Å²) in [5.41, 5.74) is 0.347. The Morgan fingerprint density at radius 1 is 1.37 bits per heavy atom. The van der Waals surface area contributed by atoms with Crippen LogP contribution in [-0.2, 0) is 4.79 Å². The molecule has 3 heterocycles. The third kappa shape index (κ3) is 4.22. The molecule has 142 valence electrons. The highest BCUT2D eigenvalue weighted by molar-refractivity contribution is 9.11. The fourth-order valence-electron chi connectivity index (χ4n) is 3.12. The number of anilines is 1. The molecule has 3 aromatic heterocycles. The topological polar surface area (TPSA) is 118 Å². The summed E-state index contributed by atoms with van der Waals surface area (Å²) >= 11 is 5.59. The van der Waals surface area contributed by atoms with E-state index in [-0.39, 0.29) is 23.3 Å². The monoisotopic (exact) mass is 469 g/mol. The normalized spacial score (nSPS) is 15.3. The van der Waals surface area contributed by atoms with Gasteiger partial charge in [0.05, 0.1) is 18.0 Å². The van der Waals surface area contributed by atoms with E-state index in [2.05, 4.69) is 46.5 Å². The number of carbonyl (C=O) groups is 1. The Labute approximate surface area is 170 Å². The number of amides is 1. The van der Waals surface area contributed by atoms with Crippen LogP contribution in [-0.4, -0.2) is 41.6 Å². The minimum Gasteiger partial charge on any atom is -0.301 e. The maximum atomic E-state index is 12.3. The first-order chi connectivity index (χ1) is 13.1. The van der Waals surface area contributed by atoms with Crippen molar-refractivity contribution in [2.45, 2.75) is 43.3 Å². The molecule has 4 rings (SSSR count). The van der Waals surface area contributed by atoms with Crippen molar-refractivity contribution >= 4 is 61.1 Å². The number of hydrogen-bond acceptors (Lipinski definition) is 8. The lowest BCUT2D eigenvalue weighted by molar-refractivity contribution is -0.113. The van der Waals surface area contributed by atoms with Crippen molar-refractivity contribution in [3.05, 3.63) is 20.5 Å². The summed E-state index contributed by atoms with van der Waals surface area (Å²) in [7, 11) is 0. The lowest BCUT2D eigenvalue weighted by Crippen LogP contribution is -2.17. The average molecular weight is 470 g/mol. The summed E-state index contributed by atoms with van der Waals surface area (Å²) in [6.45, 7) is 0. The highest BCUT2D eigenvalue weighted by atomic mass is 79.9. The highest BCUT2D eigenvalue weighted by Crippen LogP contribution is 2.29. The number of nitrogens with one attached hydrogen (secondary N) is 2. The molecule has 1 aliphatic rings. The summed E-state index contributed by atoms with van der Waals surface area (Å²) in [6, 6.07) is 0.280. The molecule has 0 atom stereocenters. The summed E-state index contributed by atoms with van der Waals surface area (Å²) in [5.74, 6) is -0.143. The van der Waals surface area contributed by atoms with Crippen LogP contribution < -0.4 is 10.9 Å². The fraction of sp³-hybridized carbons (Fsp3) is 0.467. The van der Waals surface area contributed by atoms with Gasteiger partial charge in [-0.3, -0.25) is 14.9 Å². The summed E-state index contributed by atoms with van der Waals surface area (Å²) < 4.78 is 2.46. The Kier molecular flexibility index (Phi) is 5.55. The van der Waals surface area contributed by atoms with E-state index in [0.717, 1.165) is 12.8 Å². The van der Waals surface area contributed by atoms with Crippen LogP contribution in [0.25, 0.3) is 11.0 Å². The zero-order valence-corrected chi connectivity index (χ0v) is 17.4. The minimum absolute atomic E-state index is 0.100. The van der Waals surface area contributed by atoms with Gasteiger partial charge < -0.3 is 4.98 Å². The molecule has 1 aliphatic carbocycles. The van der Waals surface area contributed by atoms with Crippen molar-refractivity contribution in [2.75, 3.05) is 11.1 Å². The quantitative estimate of drug-likeness (QED) is 0.435. The van der Waals surface area contributed by atoms with Crippen LogP contribution in [0, 0.1) is 0 Å². The van der Waals surface area contributed by atoms with Gasteiger partial charge in [-0.05, 0) is 28.8 Å². The predicted octanol–water partition coefficient (Wildman–Crippen LogP) is 2.97. The second kappa shape index (κ2) is 8.07. The molecule has 1 saturated carbocycles. The standard InChI is InChI=1S/C15H16BrN7O2S2/c16-13-21-22-15(27-13)18-10(24)7-26-14-19-11-9(12(25)20-14)6-17-23(11)8-4-2-1-3-5-8/h6,8H,1-5,7H2,(H,18,22,24)(H,19,20,25). The Bertz CT molecular complexity index is 1020. The molecule has 9 nitrogen and oxygen atoms in total. The molecule has 27 heavy (non-hydrogen) atoms. The number of aromatic amines is 1. The third-order valence-corrected chi connectivity index (χ3v) is 6.49. The molecule has 0 bridgehead atoms. The van der Waals surface area contributed by atoms with Gasteiger partial charge in [0.2, 0.25) is 11.0 Å². The molecule has 0 aliphatic heterocycles. The van der Waals surface area contributed by atoms with E-state index >= 15 is 0 Å². The second-order valence-electron chi connectivity index (χ2n) is 6.19. The van der Waals surface area contributed by atoms with E-state index in [1.807, 2.05) is 4.68 Å². The van der Waals surface area contributed by atoms with Crippen LogP contribution in [0.1, 0.15) is 38.1 Å². The minimum atomic E-state index is -0.243. The van der Waals surface area contributed by atoms with Crippen LogP contribution in [0.2, 0.25) is 0 Å². The van der Waals surface area contributed by atoms with Crippen LogP contribution in [0.15, 0.2) is 20.1 Å². The second-order valence-corrected chi connectivity index (χ2v) is 9.40. The average Bonchev–Trinajstić information content (AvgIpc) is 3.27. The van der Waals surface area contributed by atoms with Crippen molar-refractivity contribution in [1.29, 1.82) is 0 Å². The molecule has 0 unspecified atom stereocenters. The number of aromatic nitrogens is 6. The van der Waals surface area contributed by atoms with Crippen molar-refractivity contribution in [3.63, 3.8) is 0 Å². The number of carbonyl (C=O) groups excluding carboxylic acids is 1. The first kappa shape index (κ1) is 18.6. The van der Waals surface area contributed by atoms with Gasteiger partial charge in [-0.2, -0.15) is 5.10 Å². The Morgan fingerprint density at radius 3 is 2.93 bits per heavy atom. The number of fused-ring (bicyclic) bond motifs is 1. The van der Waals surface area contributed by atoms with Crippen molar-refractivity contribution < 1.29 is 4.79 Å². The molecule has 1 amide bonds. The third-order valence-electron chi connectivity index (χ3n) is 4.35. The van der Waals surface area contributed by atoms with E-state index in [1.54, 1.807) is 6.20 Å². The Hall–Kier alpha value is -1.79. The zero-order valence-electron chi connectivity index (χ0n) is 14.1. The van der Waals surface area contributed by atoms with Crippen molar-refractivity contribution in [2.24, 2.45) is 0 Å². The zero-order chi connectivity index (χ0) is 18.8. The molecule has 0 radical (unpaired) electrons. The first-order valence-corrected chi connectivity index (χ1v) is 11.1. The van der Waals surface area contributed by atoms with Crippen molar-refractivity contribution in [3.8, 4) is 0 Å². The van der Waals surface area contributed by atoms with Crippen LogP contribution >= 0.6 is 39.0 Å². The number of nitrogens with zero attached hydrogens (tertiary/aromatic N) is 5. The molecule has 2 N–H and O–H groups in total. The van der Waals surface area contributed by atoms with E-state index in [4.69, 9.17) is 0 Å². The maximum absolute atomic E-state index is 12.3. The molecular weight excluding hydrogens is 454 g/mol. The van der Waals surface area contributed by atoms with Gasteiger partial charge >= 0.3 is 0 Å². The number of thioether (sulfide) groups is 1. The lowest BCUT2D eigenvalue weighted by Gasteiger charge is -2.22. The highest BCUT2D eigenvalue weighted by Gasteiger charge is 2.20. The predicted molar refractivity (Wildman–Crippen MR) is 107 cm³/mol. The fourth-order valence-corrected chi connectivity index (χ4v) is 4.81. The van der Waals surface area contributed by atoms with Gasteiger partial charge in [0.1, 0.15) is 5.39 Å². The molecule has 0 saturated heterocycles. The lowest BCUT2D eigenvalue weighted by atomic mass is 9.96. The first-order valence-electron chi connectivity index (χ1n) is 8.49. The Morgan fingerprint density at radius 2 is 2.19 bits per heavy atom. The largest absolute Gasteiger partial charge is 0.301 e. The van der Waals surface area contributed by atoms with E-state index in [9.17, 15) is 9.59 Å². The summed E-state index contributed by atoms with van der Waals surface area (Å²) in [6.07, 6.45) is 7.24. The van der Waals surface area contributed by atoms with E-state index < -0.39 is 0 Å². The van der Waals surface area contributed by atoms with Gasteiger partial charge in [0.25, 0.3) is 5.56 Å². The molecule has 0 aromatic carbocycles. The van der Waals surface area contributed by atoms with Gasteiger partial charge in [-0.1, -0.05) is 42.4 Å². The summed E-state index contributed by atoms with van der Waals surface area (Å²) in [5, 5.41) is 16.0. The smallest absolute Gasteiger partial charge is 0.262 e. The van der Waals surface area contributed by atoms with Crippen LogP contribution in [0.4, 0.5) is 5.13 Å². The van der Waals surface area contributed by atoms with Crippen molar-refractivity contribution in [1.82, 2.24) is 29.9 Å². The van der Waals surface area contributed by atoms with E-state index in [1.165, 1.54) is 42.4 Å². The molecule has 12 heteroatoms. The number of H-pyrrole nitrogens is 1. The molecular formula is C15H16BrN7O2S2. The van der Waals surface area contributed by atoms with Gasteiger partial charge in [-0.15, -0.1) is 10.2 Å². The van der Waals surface area contributed by atoms with Gasteiger partial charge in [0, 0.05) is 0 Å². The van der Waals surface area contributed by atoms with Gasteiger partial charge in [-0.25, -0.2) is 9.67 Å². The van der Waals surface area contributed by atoms with Crippen LogP contribution in [0.3, 0.4) is 0 Å². The summed E-state index contributed by atoms with van der Waals surface area (Å²) in [4.78, 5) is 31.7. The number of hydrogen-bond donors (Lipinski definition) is 2. The Balaban J connectivity index is 1.50.